The largest absolute Gasteiger partial charge is 0.435 e. The predicted molar refractivity (Wildman–Crippen MR) is 110 cm³/mol. The fourth-order valence-electron chi connectivity index (χ4n) is 3.61. The van der Waals surface area contributed by atoms with Crippen LogP contribution in [0.15, 0.2) is 54.2 Å². The number of hydrogen-bond acceptors (Lipinski definition) is 4. The van der Waals surface area contributed by atoms with Crippen LogP contribution in [0.3, 0.4) is 0 Å². The standard InChI is InChI=1S/C23H21F2N3O3/c1-23(13-16-9-6-7-11-19(16)31-22(24)25)21(30)27(2)18(20(29)28(23)3)12-15-8-4-5-10-17(15)14-26/h4-12,22H,13H2,1-3H3. The number of nitriles is 1. The number of piperazine rings is 1. The Kier molecular flexibility index (Phi) is 6.07. The van der Waals surface area contributed by atoms with Gasteiger partial charge in [-0.05, 0) is 36.3 Å². The Labute approximate surface area is 178 Å². The van der Waals surface area contributed by atoms with Crippen LogP contribution < -0.4 is 4.74 Å². The van der Waals surface area contributed by atoms with Crippen molar-refractivity contribution in [3.63, 3.8) is 0 Å². The smallest absolute Gasteiger partial charge is 0.387 e. The first-order valence-corrected chi connectivity index (χ1v) is 9.49. The number of nitrogens with zero attached hydrogens (tertiary/aromatic N) is 3. The van der Waals surface area contributed by atoms with Gasteiger partial charge >= 0.3 is 6.61 Å². The van der Waals surface area contributed by atoms with E-state index in [-0.39, 0.29) is 23.8 Å². The molecule has 0 radical (unpaired) electrons. The molecule has 2 aromatic carbocycles. The first-order chi connectivity index (χ1) is 14.7. The zero-order valence-electron chi connectivity index (χ0n) is 17.3. The van der Waals surface area contributed by atoms with Gasteiger partial charge in [0.2, 0.25) is 0 Å². The molecule has 0 saturated carbocycles. The van der Waals surface area contributed by atoms with Gasteiger partial charge in [-0.2, -0.15) is 14.0 Å². The van der Waals surface area contributed by atoms with E-state index in [1.54, 1.807) is 49.4 Å². The van der Waals surface area contributed by atoms with E-state index >= 15 is 0 Å². The van der Waals surface area contributed by atoms with E-state index in [9.17, 15) is 23.6 Å². The number of ether oxygens (including phenoxy) is 1. The molecule has 1 aliphatic heterocycles. The van der Waals surface area contributed by atoms with E-state index in [0.717, 1.165) is 0 Å². The summed E-state index contributed by atoms with van der Waals surface area (Å²) >= 11 is 0. The van der Waals surface area contributed by atoms with Crippen LogP contribution in [0.4, 0.5) is 8.78 Å². The number of hydrogen-bond donors (Lipinski definition) is 0. The molecule has 8 heteroatoms. The van der Waals surface area contributed by atoms with Crippen LogP contribution in [0.2, 0.25) is 0 Å². The summed E-state index contributed by atoms with van der Waals surface area (Å²) in [5.74, 6) is -0.856. The molecule has 2 amide bonds. The van der Waals surface area contributed by atoms with Gasteiger partial charge in [0.1, 0.15) is 17.0 Å². The van der Waals surface area contributed by atoms with Gasteiger partial charge in [-0.15, -0.1) is 0 Å². The van der Waals surface area contributed by atoms with Gasteiger partial charge < -0.3 is 14.5 Å². The first-order valence-electron chi connectivity index (χ1n) is 9.49. The minimum atomic E-state index is -3.01. The Balaban J connectivity index is 1.99. The van der Waals surface area contributed by atoms with Gasteiger partial charge in [-0.3, -0.25) is 9.59 Å². The molecule has 0 N–H and O–H groups in total. The third-order valence-corrected chi connectivity index (χ3v) is 5.49. The lowest BCUT2D eigenvalue weighted by molar-refractivity contribution is -0.155. The summed E-state index contributed by atoms with van der Waals surface area (Å²) in [5, 5.41) is 9.30. The Morgan fingerprint density at radius 3 is 2.45 bits per heavy atom. The van der Waals surface area contributed by atoms with E-state index in [0.29, 0.717) is 16.7 Å². The topological polar surface area (TPSA) is 73.6 Å². The van der Waals surface area contributed by atoms with Crippen LogP contribution in [0, 0.1) is 11.3 Å². The lowest BCUT2D eigenvalue weighted by Crippen LogP contribution is -2.64. The second-order valence-corrected chi connectivity index (χ2v) is 7.39. The van der Waals surface area contributed by atoms with Gasteiger partial charge in [-0.25, -0.2) is 0 Å². The third-order valence-electron chi connectivity index (χ3n) is 5.49. The van der Waals surface area contributed by atoms with Crippen LogP contribution in [0.1, 0.15) is 23.6 Å². The predicted octanol–water partition coefficient (Wildman–Crippen LogP) is 3.43. The highest BCUT2D eigenvalue weighted by Gasteiger charge is 2.49. The number of para-hydroxylation sites is 1. The molecular weight excluding hydrogens is 404 g/mol. The van der Waals surface area contributed by atoms with Crippen LogP contribution >= 0.6 is 0 Å². The quantitative estimate of drug-likeness (QED) is 0.688. The fourth-order valence-corrected chi connectivity index (χ4v) is 3.61. The molecule has 0 aliphatic carbocycles. The number of rotatable bonds is 5. The maximum atomic E-state index is 13.3. The number of benzene rings is 2. The second kappa shape index (κ2) is 8.56. The highest BCUT2D eigenvalue weighted by atomic mass is 19.3. The third kappa shape index (κ3) is 4.12. The summed E-state index contributed by atoms with van der Waals surface area (Å²) in [6.45, 7) is -1.42. The first kappa shape index (κ1) is 22.0. The van der Waals surface area contributed by atoms with Crippen molar-refractivity contribution in [3.8, 4) is 11.8 Å². The van der Waals surface area contributed by atoms with Crippen molar-refractivity contribution in [3.05, 3.63) is 70.9 Å². The van der Waals surface area contributed by atoms with E-state index in [1.807, 2.05) is 0 Å². The van der Waals surface area contributed by atoms with Crippen LogP contribution in [-0.4, -0.2) is 47.9 Å². The number of carbonyl (C=O) groups excluding carboxylic acids is 2. The second-order valence-electron chi connectivity index (χ2n) is 7.39. The van der Waals surface area contributed by atoms with Crippen molar-refractivity contribution < 1.29 is 23.1 Å². The van der Waals surface area contributed by atoms with Crippen molar-refractivity contribution in [2.75, 3.05) is 14.1 Å². The number of amides is 2. The lowest BCUT2D eigenvalue weighted by Gasteiger charge is -2.45. The molecule has 0 bridgehead atoms. The number of halogens is 2. The molecule has 31 heavy (non-hydrogen) atoms. The number of alkyl halides is 2. The zero-order valence-corrected chi connectivity index (χ0v) is 17.3. The van der Waals surface area contributed by atoms with Crippen molar-refractivity contribution in [1.29, 1.82) is 5.26 Å². The highest BCUT2D eigenvalue weighted by Crippen LogP contribution is 2.34. The Bertz CT molecular complexity index is 1090. The summed E-state index contributed by atoms with van der Waals surface area (Å²) < 4.78 is 30.1. The molecule has 0 spiro atoms. The number of likely N-dealkylation sites (N-methyl/N-ethyl adjacent to an activating group) is 2. The maximum Gasteiger partial charge on any atom is 0.387 e. The summed E-state index contributed by atoms with van der Waals surface area (Å²) in [6.07, 6.45) is 1.49. The molecule has 1 atom stereocenters. The molecule has 1 unspecified atom stereocenters. The van der Waals surface area contributed by atoms with Crippen molar-refractivity contribution in [2.24, 2.45) is 0 Å². The van der Waals surface area contributed by atoms with Gasteiger partial charge in [0.15, 0.2) is 0 Å². The molecule has 6 nitrogen and oxygen atoms in total. The lowest BCUT2D eigenvalue weighted by atomic mass is 9.86. The van der Waals surface area contributed by atoms with Gasteiger partial charge in [0.25, 0.3) is 11.8 Å². The summed E-state index contributed by atoms with van der Waals surface area (Å²) in [5.41, 5.74) is 0.0663. The normalized spacial score (nSPS) is 20.4. The van der Waals surface area contributed by atoms with Gasteiger partial charge in [0.05, 0.1) is 11.6 Å². The zero-order chi connectivity index (χ0) is 22.8. The van der Waals surface area contributed by atoms with E-state index in [4.69, 9.17) is 0 Å². The Hall–Kier alpha value is -3.73. The molecule has 3 rings (SSSR count). The minimum Gasteiger partial charge on any atom is -0.435 e. The monoisotopic (exact) mass is 425 g/mol. The molecule has 1 saturated heterocycles. The summed E-state index contributed by atoms with van der Waals surface area (Å²) in [6, 6.07) is 15.0. The molecule has 1 heterocycles. The van der Waals surface area contributed by atoms with E-state index in [1.165, 1.54) is 36.0 Å². The molecule has 160 valence electrons. The fraction of sp³-hybridized carbons (Fsp3) is 0.261. The highest BCUT2D eigenvalue weighted by molar-refractivity contribution is 6.08. The average Bonchev–Trinajstić information content (AvgIpc) is 2.75. The molecule has 1 aliphatic rings. The molecule has 2 aromatic rings. The van der Waals surface area contributed by atoms with Crippen LogP contribution in [-0.2, 0) is 16.0 Å². The van der Waals surface area contributed by atoms with Crippen molar-refractivity contribution in [2.45, 2.75) is 25.5 Å². The van der Waals surface area contributed by atoms with Gasteiger partial charge in [-0.1, -0.05) is 36.4 Å². The summed E-state index contributed by atoms with van der Waals surface area (Å²) in [7, 11) is 2.97. The van der Waals surface area contributed by atoms with Crippen molar-refractivity contribution in [1.82, 2.24) is 9.80 Å². The van der Waals surface area contributed by atoms with Crippen LogP contribution in [0.5, 0.6) is 5.75 Å². The maximum absolute atomic E-state index is 13.3. The van der Waals surface area contributed by atoms with E-state index < -0.39 is 18.1 Å². The Morgan fingerprint density at radius 2 is 1.77 bits per heavy atom. The van der Waals surface area contributed by atoms with Crippen LogP contribution in [0.25, 0.3) is 6.08 Å². The SMILES string of the molecule is CN1C(=O)C(C)(Cc2ccccc2OC(F)F)N(C)C(=O)C1=Cc1ccccc1C#N. The van der Waals surface area contributed by atoms with Gasteiger partial charge in [0, 0.05) is 20.5 Å². The molecule has 1 fully saturated rings. The molecule has 0 aromatic heterocycles. The Morgan fingerprint density at radius 1 is 1.13 bits per heavy atom. The van der Waals surface area contributed by atoms with Crippen molar-refractivity contribution >= 4 is 17.9 Å². The number of carbonyl (C=O) groups is 2. The molecular formula is C23H21F2N3O3. The summed E-state index contributed by atoms with van der Waals surface area (Å²) in [4.78, 5) is 29.1. The minimum absolute atomic E-state index is 0.0105. The van der Waals surface area contributed by atoms with E-state index in [2.05, 4.69) is 10.8 Å². The average molecular weight is 425 g/mol.